The molecular weight excluding hydrogens is 408 g/mol. The van der Waals surface area contributed by atoms with Gasteiger partial charge >= 0.3 is 5.97 Å². The van der Waals surface area contributed by atoms with E-state index in [2.05, 4.69) is 37.6 Å². The Kier molecular flexibility index (Phi) is 7.26. The van der Waals surface area contributed by atoms with E-state index < -0.39 is 17.9 Å². The minimum Gasteiger partial charge on any atom is -0.480 e. The molecule has 0 saturated carbocycles. The van der Waals surface area contributed by atoms with Gasteiger partial charge in [0.05, 0.1) is 6.20 Å². The molecule has 2 unspecified atom stereocenters. The van der Waals surface area contributed by atoms with E-state index in [0.717, 1.165) is 56.8 Å². The van der Waals surface area contributed by atoms with Crippen LogP contribution in [0, 0.1) is 5.92 Å². The van der Waals surface area contributed by atoms with E-state index in [1.165, 1.54) is 30.6 Å². The fourth-order valence-electron chi connectivity index (χ4n) is 4.43. The number of hydrogen-bond donors (Lipinski definition) is 3. The predicted octanol–water partition coefficient (Wildman–Crippen LogP) is 1.76. The molecule has 9 nitrogen and oxygen atoms in total. The maximum atomic E-state index is 12.2. The smallest absolute Gasteiger partial charge is 0.326 e. The highest BCUT2D eigenvalue weighted by Gasteiger charge is 2.26. The van der Waals surface area contributed by atoms with Crippen molar-refractivity contribution in [3.8, 4) is 0 Å². The lowest BCUT2D eigenvalue weighted by Crippen LogP contribution is -2.43. The number of carboxylic acid groups (broad SMARTS) is 1. The van der Waals surface area contributed by atoms with Crippen LogP contribution in [0.1, 0.15) is 47.4 Å². The first kappa shape index (κ1) is 22.1. The van der Waals surface area contributed by atoms with Crippen LogP contribution in [0.15, 0.2) is 30.7 Å². The Balaban J connectivity index is 1.22. The molecule has 170 valence electrons. The maximum Gasteiger partial charge on any atom is 0.326 e. The highest BCUT2D eigenvalue weighted by Crippen LogP contribution is 2.24. The molecule has 2 atom stereocenters. The second kappa shape index (κ2) is 10.5. The zero-order valence-electron chi connectivity index (χ0n) is 18.2. The Bertz CT molecular complexity index is 939. The normalized spacial score (nSPS) is 19.1. The van der Waals surface area contributed by atoms with Gasteiger partial charge in [-0.15, -0.1) is 0 Å². The summed E-state index contributed by atoms with van der Waals surface area (Å²) in [6.45, 7) is 3.54. The molecule has 9 heteroatoms. The Morgan fingerprint density at radius 2 is 2.22 bits per heavy atom. The molecule has 4 rings (SSSR count). The number of aryl methyl sites for hydroxylation is 2. The van der Waals surface area contributed by atoms with E-state index >= 15 is 0 Å². The second-order valence-corrected chi connectivity index (χ2v) is 8.58. The molecule has 1 amide bonds. The number of hydrogen-bond acceptors (Lipinski definition) is 7. The third kappa shape index (κ3) is 5.79. The third-order valence-corrected chi connectivity index (χ3v) is 6.26. The van der Waals surface area contributed by atoms with E-state index in [4.69, 9.17) is 4.98 Å². The van der Waals surface area contributed by atoms with Crippen LogP contribution in [-0.4, -0.2) is 69.1 Å². The van der Waals surface area contributed by atoms with Crippen LogP contribution in [0.5, 0.6) is 0 Å². The summed E-state index contributed by atoms with van der Waals surface area (Å²) in [5.41, 5.74) is 2.56. The first-order valence-corrected chi connectivity index (χ1v) is 11.3. The molecule has 2 aromatic rings. The van der Waals surface area contributed by atoms with Gasteiger partial charge < -0.3 is 20.6 Å². The zero-order chi connectivity index (χ0) is 22.3. The van der Waals surface area contributed by atoms with Crippen molar-refractivity contribution in [3.63, 3.8) is 0 Å². The maximum absolute atomic E-state index is 12.2. The Labute approximate surface area is 187 Å². The van der Waals surface area contributed by atoms with Gasteiger partial charge in [0.15, 0.2) is 0 Å². The minimum absolute atomic E-state index is 0.117. The van der Waals surface area contributed by atoms with Crippen molar-refractivity contribution in [2.24, 2.45) is 5.92 Å². The van der Waals surface area contributed by atoms with Gasteiger partial charge in [0.1, 0.15) is 17.6 Å². The molecule has 0 aliphatic carbocycles. The van der Waals surface area contributed by atoms with E-state index in [-0.39, 0.29) is 5.69 Å². The summed E-state index contributed by atoms with van der Waals surface area (Å²) in [5, 5.41) is 15.5. The molecule has 1 saturated heterocycles. The molecule has 2 aromatic heterocycles. The molecule has 4 heterocycles. The first-order chi connectivity index (χ1) is 15.6. The number of carbonyl (C=O) groups excluding carboxylic acids is 1. The van der Waals surface area contributed by atoms with Gasteiger partial charge in [0, 0.05) is 37.7 Å². The average molecular weight is 439 g/mol. The van der Waals surface area contributed by atoms with Crippen molar-refractivity contribution in [2.45, 2.75) is 44.6 Å². The molecule has 1 fully saturated rings. The second-order valence-electron chi connectivity index (χ2n) is 8.58. The monoisotopic (exact) mass is 438 g/mol. The van der Waals surface area contributed by atoms with Crippen molar-refractivity contribution >= 4 is 17.7 Å². The highest BCUT2D eigenvalue weighted by atomic mass is 16.4. The van der Waals surface area contributed by atoms with E-state index in [1.807, 2.05) is 0 Å². The zero-order valence-corrected chi connectivity index (χ0v) is 18.2. The number of nitrogens with zero attached hydrogens (tertiary/aromatic N) is 4. The number of rotatable bonds is 9. The lowest BCUT2D eigenvalue weighted by Gasteiger charge is -2.20. The van der Waals surface area contributed by atoms with Crippen LogP contribution in [0.4, 0.5) is 5.82 Å². The standard InChI is InChI=1S/C23H30N6O3/c30-22(20-14-24-10-11-25-20)28-19(23(31)32)8-13-29-12-7-16(15-29)3-5-18-6-4-17-2-1-9-26-21(17)27-18/h4,6,10-11,14,16,19H,1-3,5,7-9,12-13,15H2,(H,26,27)(H,28,30)(H,31,32). The van der Waals surface area contributed by atoms with Gasteiger partial charge in [-0.1, -0.05) is 6.07 Å². The fourth-order valence-corrected chi connectivity index (χ4v) is 4.43. The molecule has 0 bridgehead atoms. The van der Waals surface area contributed by atoms with Crippen LogP contribution in [0.2, 0.25) is 0 Å². The molecule has 3 N–H and O–H groups in total. The lowest BCUT2D eigenvalue weighted by molar-refractivity contribution is -0.139. The van der Waals surface area contributed by atoms with Crippen LogP contribution in [0.3, 0.4) is 0 Å². The molecule has 2 aliphatic heterocycles. The van der Waals surface area contributed by atoms with Crippen LogP contribution < -0.4 is 10.6 Å². The quantitative estimate of drug-likeness (QED) is 0.542. The van der Waals surface area contributed by atoms with Gasteiger partial charge in [0.2, 0.25) is 0 Å². The summed E-state index contributed by atoms with van der Waals surface area (Å²) in [7, 11) is 0. The molecule has 2 aliphatic rings. The third-order valence-electron chi connectivity index (χ3n) is 6.26. The molecule has 0 spiro atoms. The molecule has 0 aromatic carbocycles. The van der Waals surface area contributed by atoms with Crippen molar-refractivity contribution in [1.82, 2.24) is 25.2 Å². The number of aliphatic carboxylic acids is 1. The summed E-state index contributed by atoms with van der Waals surface area (Å²) in [5.74, 6) is 0.0743. The number of carboxylic acids is 1. The number of nitrogens with one attached hydrogen (secondary N) is 2. The van der Waals surface area contributed by atoms with Gasteiger partial charge in [-0.3, -0.25) is 9.78 Å². The van der Waals surface area contributed by atoms with Gasteiger partial charge in [-0.25, -0.2) is 14.8 Å². The summed E-state index contributed by atoms with van der Waals surface area (Å²) in [4.78, 5) is 38.7. The summed E-state index contributed by atoms with van der Waals surface area (Å²) >= 11 is 0. The number of anilines is 1. The summed E-state index contributed by atoms with van der Waals surface area (Å²) < 4.78 is 0. The highest BCUT2D eigenvalue weighted by molar-refractivity contribution is 5.94. The van der Waals surface area contributed by atoms with E-state index in [0.29, 0.717) is 18.9 Å². The summed E-state index contributed by atoms with van der Waals surface area (Å²) in [6, 6.07) is 3.40. The number of amides is 1. The van der Waals surface area contributed by atoms with Crippen molar-refractivity contribution in [3.05, 3.63) is 47.7 Å². The number of likely N-dealkylation sites (tertiary alicyclic amines) is 1. The SMILES string of the molecule is O=C(NC(CCN1CCC(CCc2ccc3c(n2)NCCC3)C1)C(=O)O)c1cnccn1. The number of pyridine rings is 1. The average Bonchev–Trinajstić information content (AvgIpc) is 3.28. The number of fused-ring (bicyclic) bond motifs is 1. The largest absolute Gasteiger partial charge is 0.480 e. The first-order valence-electron chi connectivity index (χ1n) is 11.3. The van der Waals surface area contributed by atoms with E-state index in [1.54, 1.807) is 0 Å². The fraction of sp³-hybridized carbons (Fsp3) is 0.522. The van der Waals surface area contributed by atoms with Crippen molar-refractivity contribution < 1.29 is 14.7 Å². The van der Waals surface area contributed by atoms with Gasteiger partial charge in [0.25, 0.3) is 5.91 Å². The van der Waals surface area contributed by atoms with Gasteiger partial charge in [-0.05, 0) is 62.6 Å². The molecule has 32 heavy (non-hydrogen) atoms. The Morgan fingerprint density at radius 1 is 1.31 bits per heavy atom. The predicted molar refractivity (Wildman–Crippen MR) is 119 cm³/mol. The van der Waals surface area contributed by atoms with E-state index in [9.17, 15) is 14.7 Å². The lowest BCUT2D eigenvalue weighted by atomic mass is 10.00. The topological polar surface area (TPSA) is 120 Å². The van der Waals surface area contributed by atoms with Crippen LogP contribution in [0.25, 0.3) is 0 Å². The minimum atomic E-state index is -1.04. The van der Waals surface area contributed by atoms with Crippen molar-refractivity contribution in [1.29, 1.82) is 0 Å². The number of aromatic nitrogens is 3. The summed E-state index contributed by atoms with van der Waals surface area (Å²) in [6.07, 6.45) is 9.96. The van der Waals surface area contributed by atoms with Crippen LogP contribution >= 0.6 is 0 Å². The van der Waals surface area contributed by atoms with Crippen molar-refractivity contribution in [2.75, 3.05) is 31.5 Å². The molecular formula is C23H30N6O3. The number of carbonyl (C=O) groups is 2. The Morgan fingerprint density at radius 3 is 3.03 bits per heavy atom. The van der Waals surface area contributed by atoms with Gasteiger partial charge in [-0.2, -0.15) is 0 Å². The Hall–Kier alpha value is -3.07. The van der Waals surface area contributed by atoms with Crippen LogP contribution in [-0.2, 0) is 17.6 Å². The molecule has 0 radical (unpaired) electrons.